The fraction of sp³-hybridized carbons (Fsp3) is 0.409. The molecular formula is C22H27N3O3S. The Morgan fingerprint density at radius 1 is 1.28 bits per heavy atom. The van der Waals surface area contributed by atoms with Crippen molar-refractivity contribution in [2.75, 3.05) is 26.8 Å². The number of hydrazone groups is 1. The first-order chi connectivity index (χ1) is 14.0. The summed E-state index contributed by atoms with van der Waals surface area (Å²) < 4.78 is 5.10. The molecule has 1 aromatic heterocycles. The number of rotatable bonds is 8. The summed E-state index contributed by atoms with van der Waals surface area (Å²) in [5, 5.41) is 8.24. The summed E-state index contributed by atoms with van der Waals surface area (Å²) in [6, 6.07) is 12.0. The van der Waals surface area contributed by atoms with Crippen molar-refractivity contribution >= 4 is 28.9 Å². The second-order valence-electron chi connectivity index (χ2n) is 7.05. The van der Waals surface area contributed by atoms with Crippen LogP contribution in [0.25, 0.3) is 0 Å². The summed E-state index contributed by atoms with van der Waals surface area (Å²) in [5.41, 5.74) is 3.12. The van der Waals surface area contributed by atoms with Crippen molar-refractivity contribution in [3.63, 3.8) is 0 Å². The van der Waals surface area contributed by atoms with E-state index in [4.69, 9.17) is 4.74 Å². The van der Waals surface area contributed by atoms with Gasteiger partial charge in [0.2, 0.25) is 5.91 Å². The van der Waals surface area contributed by atoms with Gasteiger partial charge in [0.25, 0.3) is 5.91 Å². The molecule has 7 heteroatoms. The van der Waals surface area contributed by atoms with E-state index in [0.29, 0.717) is 26.0 Å². The highest BCUT2D eigenvalue weighted by molar-refractivity contribution is 7.12. The number of benzene rings is 1. The van der Waals surface area contributed by atoms with Gasteiger partial charge in [-0.3, -0.25) is 9.59 Å². The second-order valence-corrected chi connectivity index (χ2v) is 8.00. The van der Waals surface area contributed by atoms with E-state index in [-0.39, 0.29) is 24.4 Å². The molecule has 0 fully saturated rings. The molecule has 0 aliphatic carbocycles. The molecular weight excluding hydrogens is 386 g/mol. The minimum Gasteiger partial charge on any atom is -0.383 e. The van der Waals surface area contributed by atoms with Crippen LogP contribution in [0.3, 0.4) is 0 Å². The van der Waals surface area contributed by atoms with Crippen molar-refractivity contribution in [1.82, 2.24) is 9.91 Å². The van der Waals surface area contributed by atoms with Crippen LogP contribution in [0.15, 0.2) is 46.9 Å². The molecule has 29 heavy (non-hydrogen) atoms. The number of amides is 2. The number of hydrogen-bond acceptors (Lipinski definition) is 5. The van der Waals surface area contributed by atoms with Crippen molar-refractivity contribution < 1.29 is 14.3 Å². The molecule has 3 rings (SSSR count). The molecule has 1 aliphatic heterocycles. The molecule has 2 heterocycles. The van der Waals surface area contributed by atoms with Crippen LogP contribution >= 0.6 is 11.3 Å². The average molecular weight is 414 g/mol. The highest BCUT2D eigenvalue weighted by Gasteiger charge is 2.34. The number of nitrogens with zero attached hydrogens (tertiary/aromatic N) is 3. The number of hydrogen-bond donors (Lipinski definition) is 0. The first-order valence-electron chi connectivity index (χ1n) is 9.80. The smallest absolute Gasteiger partial charge is 0.262 e. The lowest BCUT2D eigenvalue weighted by atomic mass is 10.00. The van der Waals surface area contributed by atoms with Gasteiger partial charge < -0.3 is 9.64 Å². The van der Waals surface area contributed by atoms with Crippen molar-refractivity contribution in [2.24, 2.45) is 5.10 Å². The number of carbonyl (C=O) groups excluding carboxylic acids is 2. The summed E-state index contributed by atoms with van der Waals surface area (Å²) in [6.45, 7) is 4.62. The summed E-state index contributed by atoms with van der Waals surface area (Å²) in [7, 11) is 1.59. The quantitative estimate of drug-likeness (QED) is 0.664. The molecule has 2 aromatic rings. The summed E-state index contributed by atoms with van der Waals surface area (Å²) in [6.07, 6.45) is 1.01. The maximum Gasteiger partial charge on any atom is 0.262 e. The topological polar surface area (TPSA) is 62.2 Å². The van der Waals surface area contributed by atoms with Gasteiger partial charge in [0.1, 0.15) is 6.54 Å². The number of thiophene rings is 1. The molecule has 1 unspecified atom stereocenters. The lowest BCUT2D eigenvalue weighted by molar-refractivity contribution is -0.141. The molecule has 0 saturated carbocycles. The van der Waals surface area contributed by atoms with E-state index in [1.807, 2.05) is 48.7 Å². The number of aryl methyl sites for hydroxylation is 1. The largest absolute Gasteiger partial charge is 0.383 e. The van der Waals surface area contributed by atoms with Crippen molar-refractivity contribution in [2.45, 2.75) is 32.7 Å². The Hall–Kier alpha value is -2.51. The van der Waals surface area contributed by atoms with E-state index in [9.17, 15) is 9.59 Å². The molecule has 0 bridgehead atoms. The van der Waals surface area contributed by atoms with E-state index >= 15 is 0 Å². The SMILES string of the molecule is CCC(=O)N(CCOC)CC(=O)N1N=C(c2cccs2)CC1c1ccc(C)cc1. The molecule has 1 atom stereocenters. The summed E-state index contributed by atoms with van der Waals surface area (Å²) >= 11 is 1.62. The van der Waals surface area contributed by atoms with Crippen LogP contribution in [-0.4, -0.2) is 54.2 Å². The van der Waals surface area contributed by atoms with Gasteiger partial charge in [-0.25, -0.2) is 5.01 Å². The Bertz CT molecular complexity index is 862. The lowest BCUT2D eigenvalue weighted by Crippen LogP contribution is -2.42. The van der Waals surface area contributed by atoms with Crippen molar-refractivity contribution in [1.29, 1.82) is 0 Å². The zero-order valence-electron chi connectivity index (χ0n) is 17.1. The fourth-order valence-electron chi connectivity index (χ4n) is 3.33. The zero-order chi connectivity index (χ0) is 20.8. The number of carbonyl (C=O) groups is 2. The molecule has 0 radical (unpaired) electrons. The molecule has 154 valence electrons. The van der Waals surface area contributed by atoms with Crippen LogP contribution in [0.5, 0.6) is 0 Å². The Kier molecular flexibility index (Phi) is 7.17. The van der Waals surface area contributed by atoms with Gasteiger partial charge in [0.05, 0.1) is 23.2 Å². The Labute approximate surface area is 175 Å². The second kappa shape index (κ2) is 9.80. The minimum absolute atomic E-state index is 0.000382. The van der Waals surface area contributed by atoms with E-state index in [0.717, 1.165) is 16.2 Å². The van der Waals surface area contributed by atoms with Gasteiger partial charge in [-0.2, -0.15) is 5.10 Å². The Morgan fingerprint density at radius 2 is 2.03 bits per heavy atom. The molecule has 0 saturated heterocycles. The van der Waals surface area contributed by atoms with E-state index in [1.165, 1.54) is 5.56 Å². The fourth-order valence-corrected chi connectivity index (χ4v) is 4.05. The first kappa shape index (κ1) is 21.2. The van der Waals surface area contributed by atoms with E-state index in [1.54, 1.807) is 35.3 Å². The molecule has 0 N–H and O–H groups in total. The van der Waals surface area contributed by atoms with Crippen molar-refractivity contribution in [3.8, 4) is 0 Å². The highest BCUT2D eigenvalue weighted by atomic mass is 32.1. The van der Waals surface area contributed by atoms with Gasteiger partial charge in [0.15, 0.2) is 0 Å². The standard InChI is InChI=1S/C22H27N3O3S/c1-4-21(26)24(11-12-28-3)15-22(27)25-19(17-9-7-16(2)8-10-17)14-18(23-25)20-6-5-13-29-20/h5-10,13,19H,4,11-12,14-15H2,1-3H3. The van der Waals surface area contributed by atoms with Crippen LogP contribution in [0.4, 0.5) is 0 Å². The van der Waals surface area contributed by atoms with E-state index in [2.05, 4.69) is 5.10 Å². The van der Waals surface area contributed by atoms with Crippen LogP contribution < -0.4 is 0 Å². The molecule has 1 aromatic carbocycles. The van der Waals surface area contributed by atoms with Crippen LogP contribution in [0.2, 0.25) is 0 Å². The Morgan fingerprint density at radius 3 is 2.66 bits per heavy atom. The average Bonchev–Trinajstić information content (AvgIpc) is 3.40. The number of ether oxygens (including phenoxy) is 1. The lowest BCUT2D eigenvalue weighted by Gasteiger charge is -2.26. The zero-order valence-corrected chi connectivity index (χ0v) is 17.9. The van der Waals surface area contributed by atoms with Gasteiger partial charge in [-0.05, 0) is 23.9 Å². The normalized spacial score (nSPS) is 16.0. The predicted molar refractivity (Wildman–Crippen MR) is 115 cm³/mol. The first-order valence-corrected chi connectivity index (χ1v) is 10.7. The maximum absolute atomic E-state index is 13.2. The third-order valence-electron chi connectivity index (χ3n) is 4.98. The van der Waals surface area contributed by atoms with Gasteiger partial charge in [-0.15, -0.1) is 11.3 Å². The third-order valence-corrected chi connectivity index (χ3v) is 5.90. The minimum atomic E-state index is -0.181. The van der Waals surface area contributed by atoms with Crippen LogP contribution in [-0.2, 0) is 14.3 Å². The van der Waals surface area contributed by atoms with Gasteiger partial charge in [0, 0.05) is 26.5 Å². The predicted octanol–water partition coefficient (Wildman–Crippen LogP) is 3.62. The van der Waals surface area contributed by atoms with E-state index < -0.39 is 0 Å². The number of methoxy groups -OCH3 is 1. The van der Waals surface area contributed by atoms with Crippen LogP contribution in [0, 0.1) is 6.92 Å². The van der Waals surface area contributed by atoms with Gasteiger partial charge >= 0.3 is 0 Å². The third kappa shape index (κ3) is 5.10. The molecule has 0 spiro atoms. The monoisotopic (exact) mass is 413 g/mol. The molecule has 2 amide bonds. The maximum atomic E-state index is 13.2. The Balaban J connectivity index is 1.85. The molecule has 6 nitrogen and oxygen atoms in total. The van der Waals surface area contributed by atoms with Crippen molar-refractivity contribution in [3.05, 3.63) is 57.8 Å². The van der Waals surface area contributed by atoms with Crippen LogP contribution in [0.1, 0.15) is 41.8 Å². The van der Waals surface area contributed by atoms with Gasteiger partial charge in [-0.1, -0.05) is 42.8 Å². The molecule has 1 aliphatic rings. The summed E-state index contributed by atoms with van der Waals surface area (Å²) in [5.74, 6) is -0.246. The highest BCUT2D eigenvalue weighted by Crippen LogP contribution is 2.34. The summed E-state index contributed by atoms with van der Waals surface area (Å²) in [4.78, 5) is 28.1.